The zero-order valence-electron chi connectivity index (χ0n) is 61.8. The van der Waals surface area contributed by atoms with Gasteiger partial charge in [0.1, 0.15) is 19.3 Å². The van der Waals surface area contributed by atoms with Crippen LogP contribution in [0.3, 0.4) is 0 Å². The van der Waals surface area contributed by atoms with Crippen LogP contribution in [-0.2, 0) is 65.4 Å². The smallest absolute Gasteiger partial charge is 0.462 e. The minimum Gasteiger partial charge on any atom is -0.462 e. The Labute approximate surface area is 581 Å². The van der Waals surface area contributed by atoms with Crippen molar-refractivity contribution >= 4 is 39.5 Å². The van der Waals surface area contributed by atoms with E-state index in [2.05, 4.69) is 34.6 Å². The number of esters is 4. The molecule has 95 heavy (non-hydrogen) atoms. The molecular formula is C76H148O17P2. The van der Waals surface area contributed by atoms with Crippen LogP contribution >= 0.6 is 15.6 Å². The molecule has 0 heterocycles. The van der Waals surface area contributed by atoms with E-state index in [0.29, 0.717) is 25.7 Å². The van der Waals surface area contributed by atoms with Crippen LogP contribution in [0.25, 0.3) is 0 Å². The number of unbranched alkanes of at least 4 members (excludes halogenated alkanes) is 47. The molecule has 17 nitrogen and oxygen atoms in total. The van der Waals surface area contributed by atoms with Crippen molar-refractivity contribution in [3.63, 3.8) is 0 Å². The fourth-order valence-corrected chi connectivity index (χ4v) is 13.3. The molecule has 0 spiro atoms. The average Bonchev–Trinajstić information content (AvgIpc) is 3.21. The lowest BCUT2D eigenvalue weighted by Crippen LogP contribution is -2.30. The normalized spacial score (nSPS) is 14.2. The van der Waals surface area contributed by atoms with Crippen LogP contribution in [0.5, 0.6) is 0 Å². The molecule has 0 amide bonds. The van der Waals surface area contributed by atoms with Crippen LogP contribution in [-0.4, -0.2) is 96.7 Å². The van der Waals surface area contributed by atoms with Crippen molar-refractivity contribution in [1.29, 1.82) is 0 Å². The molecular weight excluding hydrogens is 1250 g/mol. The van der Waals surface area contributed by atoms with Crippen LogP contribution in [0.15, 0.2) is 0 Å². The van der Waals surface area contributed by atoms with Crippen molar-refractivity contribution in [1.82, 2.24) is 0 Å². The number of aliphatic hydroxyl groups is 1. The summed E-state index contributed by atoms with van der Waals surface area (Å²) in [5, 5.41) is 10.6. The van der Waals surface area contributed by atoms with Crippen molar-refractivity contribution in [3.8, 4) is 0 Å². The molecule has 6 atom stereocenters. The topological polar surface area (TPSA) is 237 Å². The molecule has 0 aliphatic rings. The lowest BCUT2D eigenvalue weighted by atomic mass is 9.99. The SMILES string of the molecule is CCCCCCCCCCCCCCCCCCCCCCC(=O)O[C@H](COC(=O)CCCCCCCCCCCCC(C)CC)COP(=O)(O)OC[C@@H](O)COP(=O)(O)OC[C@@H](COC(=O)CCCCCCCCC)OC(=O)CCCCCCCCCCCCCCCC. The molecule has 0 bridgehead atoms. The molecule has 0 radical (unpaired) electrons. The van der Waals surface area contributed by atoms with Gasteiger partial charge in [0.15, 0.2) is 12.2 Å². The number of hydrogen-bond acceptors (Lipinski definition) is 15. The van der Waals surface area contributed by atoms with Gasteiger partial charge in [-0.3, -0.25) is 37.3 Å². The van der Waals surface area contributed by atoms with Crippen molar-refractivity contribution < 1.29 is 80.2 Å². The van der Waals surface area contributed by atoms with E-state index in [9.17, 15) is 43.2 Å². The molecule has 0 saturated heterocycles. The largest absolute Gasteiger partial charge is 0.472 e. The van der Waals surface area contributed by atoms with Crippen molar-refractivity contribution in [2.24, 2.45) is 5.92 Å². The first-order chi connectivity index (χ1) is 46.1. The Morgan fingerprint density at radius 1 is 0.295 bits per heavy atom. The summed E-state index contributed by atoms with van der Waals surface area (Å²) in [4.78, 5) is 72.7. The van der Waals surface area contributed by atoms with Crippen molar-refractivity contribution in [2.75, 3.05) is 39.6 Å². The van der Waals surface area contributed by atoms with E-state index in [1.54, 1.807) is 0 Å². The maximum Gasteiger partial charge on any atom is 0.472 e. The van der Waals surface area contributed by atoms with E-state index in [-0.39, 0.29) is 25.7 Å². The van der Waals surface area contributed by atoms with Crippen LogP contribution in [0.1, 0.15) is 401 Å². The van der Waals surface area contributed by atoms with Gasteiger partial charge in [0.25, 0.3) is 0 Å². The first kappa shape index (κ1) is 93.1. The van der Waals surface area contributed by atoms with E-state index in [0.717, 1.165) is 109 Å². The molecule has 3 N–H and O–H groups in total. The number of carbonyl (C=O) groups is 4. The standard InChI is InChI=1S/C76H148O17P2/c1-6-10-13-16-19-21-23-25-27-28-29-30-31-32-34-36-42-47-52-57-62-76(81)93-72(66-87-74(79)60-55-50-45-40-38-37-39-44-48-53-58-69(5)9-4)68-91-95(84,85)89-64-70(77)63-88-94(82,83)90-67-71(65-86-73(78)59-54-49-43-18-15-12-8-3)92-75(80)61-56-51-46-41-35-33-26-24-22-20-17-14-11-7-2/h69-72,77H,6-68H2,1-5H3,(H,82,83)(H,84,85)/t69?,70-,71+,72+/m0/s1. The highest BCUT2D eigenvalue weighted by Gasteiger charge is 2.30. The number of phosphoric ester groups is 2. The van der Waals surface area contributed by atoms with Gasteiger partial charge in [-0.25, -0.2) is 9.13 Å². The summed E-state index contributed by atoms with van der Waals surface area (Å²) >= 11 is 0. The first-order valence-electron chi connectivity index (χ1n) is 39.7. The number of phosphoric acid groups is 2. The van der Waals surface area contributed by atoms with Crippen molar-refractivity contribution in [2.45, 2.75) is 419 Å². The van der Waals surface area contributed by atoms with Gasteiger partial charge >= 0.3 is 39.5 Å². The Balaban J connectivity index is 5.18. The van der Waals surface area contributed by atoms with E-state index in [1.807, 2.05) is 0 Å². The Bertz CT molecular complexity index is 1820. The summed E-state index contributed by atoms with van der Waals surface area (Å²) in [6, 6.07) is 0. The van der Waals surface area contributed by atoms with E-state index in [4.69, 9.17) is 37.0 Å². The number of carbonyl (C=O) groups excluding carboxylic acids is 4. The summed E-state index contributed by atoms with van der Waals surface area (Å²) in [6.07, 6.45) is 58.3. The number of rotatable bonds is 76. The van der Waals surface area contributed by atoms with E-state index < -0.39 is 97.5 Å². The summed E-state index contributed by atoms with van der Waals surface area (Å²) in [7, 11) is -9.90. The second-order valence-electron chi connectivity index (χ2n) is 27.6. The monoisotopic (exact) mass is 1400 g/mol. The number of aliphatic hydroxyl groups excluding tert-OH is 1. The van der Waals surface area contributed by atoms with Gasteiger partial charge in [-0.1, -0.05) is 349 Å². The minimum atomic E-state index is -4.96. The predicted octanol–water partition coefficient (Wildman–Crippen LogP) is 22.5. The second-order valence-corrected chi connectivity index (χ2v) is 30.5. The van der Waals surface area contributed by atoms with Gasteiger partial charge in [-0.05, 0) is 31.6 Å². The third-order valence-corrected chi connectivity index (χ3v) is 20.0. The average molecular weight is 1400 g/mol. The fourth-order valence-electron chi connectivity index (χ4n) is 11.7. The van der Waals surface area contributed by atoms with Crippen LogP contribution in [0, 0.1) is 5.92 Å². The van der Waals surface area contributed by atoms with Crippen LogP contribution in [0.4, 0.5) is 0 Å². The Kier molecular flexibility index (Phi) is 67.7. The van der Waals surface area contributed by atoms with Crippen LogP contribution in [0.2, 0.25) is 0 Å². The molecule has 0 fully saturated rings. The Morgan fingerprint density at radius 2 is 0.505 bits per heavy atom. The summed E-state index contributed by atoms with van der Waals surface area (Å²) in [5.74, 6) is -1.31. The molecule has 19 heteroatoms. The van der Waals surface area contributed by atoms with E-state index >= 15 is 0 Å². The van der Waals surface area contributed by atoms with E-state index in [1.165, 1.54) is 212 Å². The maximum atomic E-state index is 13.1. The summed E-state index contributed by atoms with van der Waals surface area (Å²) in [6.45, 7) is 7.28. The Morgan fingerprint density at radius 3 is 0.747 bits per heavy atom. The first-order valence-corrected chi connectivity index (χ1v) is 42.7. The molecule has 3 unspecified atom stereocenters. The Hall–Kier alpha value is -1.94. The van der Waals surface area contributed by atoms with Crippen molar-refractivity contribution in [3.05, 3.63) is 0 Å². The number of ether oxygens (including phenoxy) is 4. The van der Waals surface area contributed by atoms with Crippen LogP contribution < -0.4 is 0 Å². The third kappa shape index (κ3) is 69.0. The lowest BCUT2D eigenvalue weighted by Gasteiger charge is -2.21. The predicted molar refractivity (Wildman–Crippen MR) is 386 cm³/mol. The highest BCUT2D eigenvalue weighted by molar-refractivity contribution is 7.47. The van der Waals surface area contributed by atoms with Gasteiger partial charge in [-0.2, -0.15) is 0 Å². The number of hydrogen-bond donors (Lipinski definition) is 3. The molecule has 0 saturated carbocycles. The zero-order valence-corrected chi connectivity index (χ0v) is 63.6. The van der Waals surface area contributed by atoms with Gasteiger partial charge in [0, 0.05) is 25.7 Å². The molecule has 0 aliphatic carbocycles. The molecule has 0 rings (SSSR count). The highest BCUT2D eigenvalue weighted by atomic mass is 31.2. The molecule has 0 aromatic heterocycles. The molecule has 0 aliphatic heterocycles. The fraction of sp³-hybridized carbons (Fsp3) is 0.947. The lowest BCUT2D eigenvalue weighted by molar-refractivity contribution is -0.161. The highest BCUT2D eigenvalue weighted by Crippen LogP contribution is 2.45. The summed E-state index contributed by atoms with van der Waals surface area (Å²) in [5.41, 5.74) is 0. The van der Waals surface area contributed by atoms with Gasteiger partial charge in [0.2, 0.25) is 0 Å². The third-order valence-electron chi connectivity index (χ3n) is 18.1. The maximum absolute atomic E-state index is 13.1. The molecule has 564 valence electrons. The zero-order chi connectivity index (χ0) is 69.8. The molecule has 0 aromatic carbocycles. The second kappa shape index (κ2) is 69.2. The summed E-state index contributed by atoms with van der Waals surface area (Å²) < 4.78 is 68.4. The minimum absolute atomic E-state index is 0.108. The van der Waals surface area contributed by atoms with Gasteiger partial charge < -0.3 is 33.8 Å². The molecule has 0 aromatic rings. The van der Waals surface area contributed by atoms with Gasteiger partial charge in [-0.15, -0.1) is 0 Å². The van der Waals surface area contributed by atoms with Gasteiger partial charge in [0.05, 0.1) is 26.4 Å². The quantitative estimate of drug-likeness (QED) is 0.0222.